The van der Waals surface area contributed by atoms with Gasteiger partial charge in [-0.05, 0) is 76.3 Å². The zero-order valence-corrected chi connectivity index (χ0v) is 21.4. The standard InChI is InChI=1S/C27H24BrN3O5/c1-3-18-8-10-22(11-9-18)30-27(32)21(16-29)12-20-14-24(28)26(25(15-20)35-4-2)36-17-19-6-5-7-23(13-19)31(33)34/h5-15H,3-4,17H2,1-2H3,(H,30,32)/b21-12+. The van der Waals surface area contributed by atoms with Gasteiger partial charge >= 0.3 is 0 Å². The first kappa shape index (κ1) is 26.4. The van der Waals surface area contributed by atoms with E-state index in [4.69, 9.17) is 9.47 Å². The number of nitriles is 1. The number of hydrogen-bond acceptors (Lipinski definition) is 6. The number of carbonyl (C=O) groups is 1. The Morgan fingerprint density at radius 1 is 1.11 bits per heavy atom. The third kappa shape index (κ3) is 6.93. The third-order valence-electron chi connectivity index (χ3n) is 5.13. The van der Waals surface area contributed by atoms with Gasteiger partial charge in [0.25, 0.3) is 11.6 Å². The van der Waals surface area contributed by atoms with Crippen molar-refractivity contribution < 1.29 is 19.2 Å². The quantitative estimate of drug-likeness (QED) is 0.134. The number of carbonyl (C=O) groups excluding carboxylic acids is 1. The summed E-state index contributed by atoms with van der Waals surface area (Å²) in [5, 5.41) is 23.4. The Morgan fingerprint density at radius 3 is 2.50 bits per heavy atom. The smallest absolute Gasteiger partial charge is 0.269 e. The fourth-order valence-electron chi connectivity index (χ4n) is 3.33. The Balaban J connectivity index is 1.82. The maximum Gasteiger partial charge on any atom is 0.269 e. The number of non-ortho nitro benzene ring substituents is 1. The highest BCUT2D eigenvalue weighted by Gasteiger charge is 2.15. The summed E-state index contributed by atoms with van der Waals surface area (Å²) in [6, 6.07) is 18.9. The fraction of sp³-hybridized carbons (Fsp3) is 0.185. The van der Waals surface area contributed by atoms with Crippen molar-refractivity contribution in [1.29, 1.82) is 5.26 Å². The van der Waals surface area contributed by atoms with Crippen molar-refractivity contribution in [2.45, 2.75) is 26.9 Å². The van der Waals surface area contributed by atoms with Gasteiger partial charge in [-0.1, -0.05) is 31.2 Å². The van der Waals surface area contributed by atoms with E-state index in [1.165, 1.54) is 18.2 Å². The molecule has 0 radical (unpaired) electrons. The maximum absolute atomic E-state index is 12.7. The molecule has 0 aliphatic heterocycles. The van der Waals surface area contributed by atoms with Crippen molar-refractivity contribution in [2.24, 2.45) is 0 Å². The van der Waals surface area contributed by atoms with Crippen LogP contribution in [0.25, 0.3) is 6.08 Å². The fourth-order valence-corrected chi connectivity index (χ4v) is 3.90. The molecule has 3 aromatic rings. The molecule has 0 spiro atoms. The molecule has 0 bridgehead atoms. The number of benzene rings is 3. The minimum Gasteiger partial charge on any atom is -0.490 e. The second kappa shape index (κ2) is 12.5. The zero-order valence-electron chi connectivity index (χ0n) is 19.8. The van der Waals surface area contributed by atoms with E-state index in [0.29, 0.717) is 39.4 Å². The molecule has 1 N–H and O–H groups in total. The molecule has 0 saturated heterocycles. The normalized spacial score (nSPS) is 10.9. The first-order valence-corrected chi connectivity index (χ1v) is 12.0. The summed E-state index contributed by atoms with van der Waals surface area (Å²) in [5.74, 6) is 0.276. The number of nitrogens with zero attached hydrogens (tertiary/aromatic N) is 2. The number of rotatable bonds is 10. The Labute approximate surface area is 217 Å². The molecule has 0 atom stereocenters. The van der Waals surface area contributed by atoms with Crippen LogP contribution in [0.2, 0.25) is 0 Å². The summed E-state index contributed by atoms with van der Waals surface area (Å²) in [4.78, 5) is 23.2. The first-order valence-electron chi connectivity index (χ1n) is 11.2. The van der Waals surface area contributed by atoms with Crippen molar-refractivity contribution in [3.05, 3.63) is 97.5 Å². The number of hydrogen-bond donors (Lipinski definition) is 1. The second-order valence-electron chi connectivity index (χ2n) is 7.65. The number of nitro groups is 1. The van der Waals surface area contributed by atoms with E-state index in [1.54, 1.807) is 36.4 Å². The Hall–Kier alpha value is -4.16. The Kier molecular flexibility index (Phi) is 9.19. The summed E-state index contributed by atoms with van der Waals surface area (Å²) >= 11 is 3.47. The first-order chi connectivity index (χ1) is 17.3. The third-order valence-corrected chi connectivity index (χ3v) is 5.72. The molecule has 8 nitrogen and oxygen atoms in total. The number of nitro benzene ring substituents is 1. The highest BCUT2D eigenvalue weighted by molar-refractivity contribution is 9.10. The average molecular weight is 550 g/mol. The molecule has 0 heterocycles. The highest BCUT2D eigenvalue weighted by atomic mass is 79.9. The van der Waals surface area contributed by atoms with E-state index in [-0.39, 0.29) is 17.9 Å². The van der Waals surface area contributed by atoms with Gasteiger partial charge < -0.3 is 14.8 Å². The molecule has 0 unspecified atom stereocenters. The van der Waals surface area contributed by atoms with E-state index in [0.717, 1.165) is 12.0 Å². The van der Waals surface area contributed by atoms with Gasteiger partial charge in [0.05, 0.1) is 16.0 Å². The molecule has 184 valence electrons. The lowest BCUT2D eigenvalue weighted by molar-refractivity contribution is -0.384. The summed E-state index contributed by atoms with van der Waals surface area (Å²) in [6.07, 6.45) is 2.35. The lowest BCUT2D eigenvalue weighted by Gasteiger charge is -2.15. The van der Waals surface area contributed by atoms with Crippen LogP contribution in [0, 0.1) is 21.4 Å². The van der Waals surface area contributed by atoms with Gasteiger partial charge in [-0.2, -0.15) is 5.26 Å². The molecule has 36 heavy (non-hydrogen) atoms. The van der Waals surface area contributed by atoms with Gasteiger partial charge in [0.15, 0.2) is 11.5 Å². The minimum atomic E-state index is -0.526. The van der Waals surface area contributed by atoms with Crippen molar-refractivity contribution in [2.75, 3.05) is 11.9 Å². The molecule has 3 rings (SSSR count). The molecule has 0 aliphatic rings. The van der Waals surface area contributed by atoms with Crippen LogP contribution < -0.4 is 14.8 Å². The molecule has 0 saturated carbocycles. The molecule has 3 aromatic carbocycles. The van der Waals surface area contributed by atoms with Crippen molar-refractivity contribution >= 4 is 39.3 Å². The van der Waals surface area contributed by atoms with Crippen molar-refractivity contribution in [3.8, 4) is 17.6 Å². The largest absolute Gasteiger partial charge is 0.490 e. The topological polar surface area (TPSA) is 114 Å². The van der Waals surface area contributed by atoms with Gasteiger partial charge in [-0.3, -0.25) is 14.9 Å². The number of anilines is 1. The van der Waals surface area contributed by atoms with Crippen LogP contribution >= 0.6 is 15.9 Å². The molecule has 1 amide bonds. The molecule has 0 aromatic heterocycles. The van der Waals surface area contributed by atoms with E-state index in [2.05, 4.69) is 21.2 Å². The maximum atomic E-state index is 12.7. The Bertz CT molecular complexity index is 1330. The zero-order chi connectivity index (χ0) is 26.1. The van der Waals surface area contributed by atoms with Crippen LogP contribution in [0.3, 0.4) is 0 Å². The highest BCUT2D eigenvalue weighted by Crippen LogP contribution is 2.38. The van der Waals surface area contributed by atoms with Crippen LogP contribution in [-0.2, 0) is 17.8 Å². The number of aryl methyl sites for hydroxylation is 1. The van der Waals surface area contributed by atoms with Crippen LogP contribution in [0.5, 0.6) is 11.5 Å². The van der Waals surface area contributed by atoms with Gasteiger partial charge in [0, 0.05) is 17.8 Å². The van der Waals surface area contributed by atoms with Gasteiger partial charge in [0.1, 0.15) is 18.2 Å². The van der Waals surface area contributed by atoms with Crippen LogP contribution in [-0.4, -0.2) is 17.4 Å². The van der Waals surface area contributed by atoms with E-state index in [1.807, 2.05) is 32.0 Å². The minimum absolute atomic E-state index is 0.0238. The lowest BCUT2D eigenvalue weighted by atomic mass is 10.1. The summed E-state index contributed by atoms with van der Waals surface area (Å²) in [7, 11) is 0. The SMILES string of the molecule is CCOc1cc(/C=C(\C#N)C(=O)Nc2ccc(CC)cc2)cc(Br)c1OCc1cccc([N+](=O)[O-])c1. The number of nitrogens with one attached hydrogen (secondary N) is 1. The summed E-state index contributed by atoms with van der Waals surface area (Å²) in [6.45, 7) is 4.30. The van der Waals surface area contributed by atoms with E-state index >= 15 is 0 Å². The predicted molar refractivity (Wildman–Crippen MR) is 141 cm³/mol. The predicted octanol–water partition coefficient (Wildman–Crippen LogP) is 6.44. The summed E-state index contributed by atoms with van der Waals surface area (Å²) < 4.78 is 12.2. The van der Waals surface area contributed by atoms with Gasteiger partial charge in [0.2, 0.25) is 0 Å². The molecule has 0 fully saturated rings. The molecule has 0 aliphatic carbocycles. The number of amides is 1. The second-order valence-corrected chi connectivity index (χ2v) is 8.51. The van der Waals surface area contributed by atoms with Crippen molar-refractivity contribution in [3.63, 3.8) is 0 Å². The average Bonchev–Trinajstić information content (AvgIpc) is 2.87. The molecule has 9 heteroatoms. The van der Waals surface area contributed by atoms with Crippen molar-refractivity contribution in [1.82, 2.24) is 0 Å². The van der Waals surface area contributed by atoms with Crippen LogP contribution in [0.15, 0.2) is 70.7 Å². The monoisotopic (exact) mass is 549 g/mol. The van der Waals surface area contributed by atoms with Gasteiger partial charge in [-0.25, -0.2) is 0 Å². The van der Waals surface area contributed by atoms with Crippen LogP contribution in [0.1, 0.15) is 30.5 Å². The van der Waals surface area contributed by atoms with E-state index in [9.17, 15) is 20.2 Å². The molecular weight excluding hydrogens is 526 g/mol. The lowest BCUT2D eigenvalue weighted by Crippen LogP contribution is -2.13. The van der Waals surface area contributed by atoms with E-state index < -0.39 is 10.8 Å². The number of ether oxygens (including phenoxy) is 2. The summed E-state index contributed by atoms with van der Waals surface area (Å²) in [5.41, 5.74) is 2.82. The van der Waals surface area contributed by atoms with Crippen LogP contribution in [0.4, 0.5) is 11.4 Å². The Morgan fingerprint density at radius 2 is 1.86 bits per heavy atom. The van der Waals surface area contributed by atoms with Gasteiger partial charge in [-0.15, -0.1) is 0 Å². The molecular formula is C27H24BrN3O5. The number of halogens is 1.